The van der Waals surface area contributed by atoms with Gasteiger partial charge in [-0.2, -0.15) is 0 Å². The standard InChI is InChI=1S/C11H13NO3/c1-8-4-7-15-10(8)11(14)12-5-2-9(13)3-6-12/h4,7H,2-3,5-6H2,1H3. The molecule has 0 bridgehead atoms. The van der Waals surface area contributed by atoms with Crippen LogP contribution in [0.5, 0.6) is 0 Å². The lowest BCUT2D eigenvalue weighted by atomic mass is 10.1. The zero-order chi connectivity index (χ0) is 10.8. The SMILES string of the molecule is Cc1ccoc1C(=O)N1CCC(=O)CC1. The van der Waals surface area contributed by atoms with Gasteiger partial charge in [0, 0.05) is 31.5 Å². The Bertz CT molecular complexity index is 384. The average molecular weight is 207 g/mol. The molecule has 1 aromatic heterocycles. The molecular formula is C11H13NO3. The summed E-state index contributed by atoms with van der Waals surface area (Å²) in [6.07, 6.45) is 2.44. The van der Waals surface area contributed by atoms with Gasteiger partial charge in [-0.05, 0) is 13.0 Å². The number of aryl methyl sites for hydroxylation is 1. The van der Waals surface area contributed by atoms with Gasteiger partial charge in [0.05, 0.1) is 6.26 Å². The van der Waals surface area contributed by atoms with E-state index in [0.717, 1.165) is 5.56 Å². The Morgan fingerprint density at radius 2 is 2.07 bits per heavy atom. The predicted molar refractivity (Wildman–Crippen MR) is 53.6 cm³/mol. The molecule has 0 aromatic carbocycles. The minimum absolute atomic E-state index is 0.106. The Morgan fingerprint density at radius 3 is 2.60 bits per heavy atom. The Labute approximate surface area is 87.9 Å². The highest BCUT2D eigenvalue weighted by Gasteiger charge is 2.24. The quantitative estimate of drug-likeness (QED) is 0.699. The number of carbonyl (C=O) groups is 2. The molecule has 0 radical (unpaired) electrons. The molecule has 0 N–H and O–H groups in total. The lowest BCUT2D eigenvalue weighted by Crippen LogP contribution is -2.38. The molecule has 1 aliphatic rings. The summed E-state index contributed by atoms with van der Waals surface area (Å²) in [5.41, 5.74) is 0.844. The van der Waals surface area contributed by atoms with E-state index in [-0.39, 0.29) is 11.7 Å². The number of likely N-dealkylation sites (tertiary alicyclic amines) is 1. The third kappa shape index (κ3) is 1.93. The van der Waals surface area contributed by atoms with Crippen LogP contribution in [0.3, 0.4) is 0 Å². The Morgan fingerprint density at radius 1 is 1.40 bits per heavy atom. The predicted octanol–water partition coefficient (Wildman–Crippen LogP) is 1.39. The maximum absolute atomic E-state index is 11.9. The molecule has 80 valence electrons. The molecule has 0 aliphatic carbocycles. The smallest absolute Gasteiger partial charge is 0.289 e. The summed E-state index contributed by atoms with van der Waals surface area (Å²) < 4.78 is 5.13. The van der Waals surface area contributed by atoms with Crippen molar-refractivity contribution in [2.75, 3.05) is 13.1 Å². The molecule has 0 atom stereocenters. The number of rotatable bonds is 1. The highest BCUT2D eigenvalue weighted by atomic mass is 16.3. The van der Waals surface area contributed by atoms with Crippen molar-refractivity contribution in [3.8, 4) is 0 Å². The first-order valence-corrected chi connectivity index (χ1v) is 5.03. The Hall–Kier alpha value is -1.58. The molecule has 1 amide bonds. The van der Waals surface area contributed by atoms with Gasteiger partial charge in [0.2, 0.25) is 0 Å². The third-order valence-electron chi connectivity index (χ3n) is 2.66. The average Bonchev–Trinajstić information content (AvgIpc) is 2.65. The van der Waals surface area contributed by atoms with Crippen LogP contribution in [0.1, 0.15) is 29.0 Å². The maximum atomic E-state index is 11.9. The van der Waals surface area contributed by atoms with Gasteiger partial charge in [0.15, 0.2) is 5.76 Å². The molecule has 1 aliphatic heterocycles. The number of piperidine rings is 1. The van der Waals surface area contributed by atoms with E-state index < -0.39 is 0 Å². The van der Waals surface area contributed by atoms with Crippen LogP contribution < -0.4 is 0 Å². The van der Waals surface area contributed by atoms with E-state index in [4.69, 9.17) is 4.42 Å². The van der Waals surface area contributed by atoms with Crippen LogP contribution in [0.15, 0.2) is 16.7 Å². The summed E-state index contributed by atoms with van der Waals surface area (Å²) in [6.45, 7) is 2.86. The van der Waals surface area contributed by atoms with Crippen molar-refractivity contribution >= 4 is 11.7 Å². The van der Waals surface area contributed by atoms with Gasteiger partial charge in [0.1, 0.15) is 5.78 Å². The summed E-state index contributed by atoms with van der Waals surface area (Å²) in [6, 6.07) is 1.77. The molecule has 2 rings (SSSR count). The molecule has 1 saturated heterocycles. The molecule has 0 unspecified atom stereocenters. The summed E-state index contributed by atoms with van der Waals surface area (Å²) in [7, 11) is 0. The zero-order valence-electron chi connectivity index (χ0n) is 8.66. The first kappa shape index (κ1) is 9.96. The fraction of sp³-hybridized carbons (Fsp3) is 0.455. The number of hydrogen-bond donors (Lipinski definition) is 0. The van der Waals surface area contributed by atoms with Gasteiger partial charge in [-0.3, -0.25) is 9.59 Å². The van der Waals surface area contributed by atoms with Crippen molar-refractivity contribution < 1.29 is 14.0 Å². The van der Waals surface area contributed by atoms with Gasteiger partial charge in [-0.15, -0.1) is 0 Å². The van der Waals surface area contributed by atoms with Crippen LogP contribution in [-0.4, -0.2) is 29.7 Å². The summed E-state index contributed by atoms with van der Waals surface area (Å²) >= 11 is 0. The fourth-order valence-corrected chi connectivity index (χ4v) is 1.69. The summed E-state index contributed by atoms with van der Waals surface area (Å²) in [5, 5.41) is 0. The minimum Gasteiger partial charge on any atom is -0.459 e. The number of Topliss-reactive ketones (excluding diaryl/α,β-unsaturated/α-hetero) is 1. The second kappa shape index (κ2) is 3.88. The van der Waals surface area contributed by atoms with Crippen molar-refractivity contribution in [2.24, 2.45) is 0 Å². The van der Waals surface area contributed by atoms with Crippen LogP contribution in [0.25, 0.3) is 0 Å². The van der Waals surface area contributed by atoms with E-state index in [9.17, 15) is 9.59 Å². The number of nitrogens with zero attached hydrogens (tertiary/aromatic N) is 1. The van der Waals surface area contributed by atoms with Gasteiger partial charge in [0.25, 0.3) is 5.91 Å². The van der Waals surface area contributed by atoms with Crippen LogP contribution in [0, 0.1) is 6.92 Å². The molecule has 4 heteroatoms. The number of ketones is 1. The second-order valence-electron chi connectivity index (χ2n) is 3.76. The highest BCUT2D eigenvalue weighted by molar-refractivity contribution is 5.94. The first-order valence-electron chi connectivity index (χ1n) is 5.03. The van der Waals surface area contributed by atoms with Crippen molar-refractivity contribution in [1.82, 2.24) is 4.90 Å². The summed E-state index contributed by atoms with van der Waals surface area (Å²) in [4.78, 5) is 24.6. The van der Waals surface area contributed by atoms with Gasteiger partial charge < -0.3 is 9.32 Å². The molecule has 2 heterocycles. The number of carbonyl (C=O) groups excluding carboxylic acids is 2. The van der Waals surface area contributed by atoms with Crippen LogP contribution >= 0.6 is 0 Å². The minimum atomic E-state index is -0.106. The fourth-order valence-electron chi connectivity index (χ4n) is 1.69. The van der Waals surface area contributed by atoms with E-state index in [0.29, 0.717) is 31.7 Å². The second-order valence-corrected chi connectivity index (χ2v) is 3.76. The van der Waals surface area contributed by atoms with E-state index in [2.05, 4.69) is 0 Å². The molecule has 15 heavy (non-hydrogen) atoms. The van der Waals surface area contributed by atoms with E-state index in [1.165, 1.54) is 6.26 Å². The molecule has 1 fully saturated rings. The number of furan rings is 1. The lowest BCUT2D eigenvalue weighted by Gasteiger charge is -2.25. The van der Waals surface area contributed by atoms with Crippen molar-refractivity contribution in [2.45, 2.75) is 19.8 Å². The van der Waals surface area contributed by atoms with Crippen LogP contribution in [-0.2, 0) is 4.79 Å². The van der Waals surface area contributed by atoms with E-state index in [1.54, 1.807) is 11.0 Å². The topological polar surface area (TPSA) is 50.5 Å². The summed E-state index contributed by atoms with van der Waals surface area (Å²) in [5.74, 6) is 0.518. The van der Waals surface area contributed by atoms with Crippen molar-refractivity contribution in [3.05, 3.63) is 23.7 Å². The third-order valence-corrected chi connectivity index (χ3v) is 2.66. The normalized spacial score (nSPS) is 16.9. The van der Waals surface area contributed by atoms with Gasteiger partial charge >= 0.3 is 0 Å². The Kier molecular flexibility index (Phi) is 2.58. The van der Waals surface area contributed by atoms with Gasteiger partial charge in [-0.25, -0.2) is 0 Å². The monoisotopic (exact) mass is 207 g/mol. The van der Waals surface area contributed by atoms with Crippen LogP contribution in [0.4, 0.5) is 0 Å². The largest absolute Gasteiger partial charge is 0.459 e. The lowest BCUT2D eigenvalue weighted by molar-refractivity contribution is -0.120. The maximum Gasteiger partial charge on any atom is 0.289 e. The van der Waals surface area contributed by atoms with E-state index in [1.807, 2.05) is 6.92 Å². The Balaban J connectivity index is 2.09. The number of hydrogen-bond acceptors (Lipinski definition) is 3. The van der Waals surface area contributed by atoms with Crippen LogP contribution in [0.2, 0.25) is 0 Å². The highest BCUT2D eigenvalue weighted by Crippen LogP contribution is 2.15. The molecule has 1 aromatic rings. The first-order chi connectivity index (χ1) is 7.18. The molecule has 0 spiro atoms. The van der Waals surface area contributed by atoms with Crippen molar-refractivity contribution in [1.29, 1.82) is 0 Å². The van der Waals surface area contributed by atoms with Gasteiger partial charge in [-0.1, -0.05) is 0 Å². The van der Waals surface area contributed by atoms with E-state index >= 15 is 0 Å². The molecule has 4 nitrogen and oxygen atoms in total. The van der Waals surface area contributed by atoms with Crippen molar-refractivity contribution in [3.63, 3.8) is 0 Å². The molecular weight excluding hydrogens is 194 g/mol. The zero-order valence-corrected chi connectivity index (χ0v) is 8.66. The molecule has 0 saturated carbocycles. The number of amides is 1.